The molecule has 22 heavy (non-hydrogen) atoms. The summed E-state index contributed by atoms with van der Waals surface area (Å²) in [5, 5.41) is 7.06. The Hall–Kier alpha value is -0.810. The van der Waals surface area contributed by atoms with E-state index in [-0.39, 0.29) is 18.3 Å². The topological polar surface area (TPSA) is 44.4 Å². The summed E-state index contributed by atoms with van der Waals surface area (Å²) in [6.45, 7) is 9.65. The fraction of sp³-hybridized carbons (Fsp3) is 0.562. The molecular weight excluding hydrogens is 321 g/mol. The van der Waals surface area contributed by atoms with Crippen LogP contribution in [0.3, 0.4) is 0 Å². The van der Waals surface area contributed by atoms with Gasteiger partial charge in [0.25, 0.3) is 0 Å². The van der Waals surface area contributed by atoms with Crippen molar-refractivity contribution in [2.75, 3.05) is 39.3 Å². The first-order valence-corrected chi connectivity index (χ1v) is 7.85. The average molecular weight is 346 g/mol. The van der Waals surface area contributed by atoms with Crippen molar-refractivity contribution in [3.8, 4) is 0 Å². The summed E-state index contributed by atoms with van der Waals surface area (Å²) in [5.74, 6) is 0.0555. The van der Waals surface area contributed by atoms with Gasteiger partial charge in [0.2, 0.25) is 5.91 Å². The minimum atomic E-state index is -0.548. The van der Waals surface area contributed by atoms with E-state index in [1.165, 1.54) is 0 Å². The number of carbonyl (C=O) groups excluding carboxylic acids is 1. The molecule has 0 spiro atoms. The van der Waals surface area contributed by atoms with Crippen molar-refractivity contribution in [1.29, 1.82) is 0 Å². The second-order valence-corrected chi connectivity index (χ2v) is 6.42. The van der Waals surface area contributed by atoms with Crippen LogP contribution in [-0.2, 0) is 10.2 Å². The van der Waals surface area contributed by atoms with Gasteiger partial charge >= 0.3 is 0 Å². The van der Waals surface area contributed by atoms with Gasteiger partial charge in [-0.1, -0.05) is 23.7 Å². The zero-order chi connectivity index (χ0) is 15.3. The normalized spacial score (nSPS) is 16.0. The monoisotopic (exact) mass is 345 g/mol. The molecule has 0 aliphatic carbocycles. The van der Waals surface area contributed by atoms with Crippen LogP contribution in [0.2, 0.25) is 5.02 Å². The van der Waals surface area contributed by atoms with Crippen LogP contribution in [0.25, 0.3) is 0 Å². The van der Waals surface area contributed by atoms with Gasteiger partial charge in [-0.3, -0.25) is 9.69 Å². The first-order chi connectivity index (χ1) is 10.00. The van der Waals surface area contributed by atoms with Gasteiger partial charge in [-0.2, -0.15) is 0 Å². The molecule has 1 fully saturated rings. The van der Waals surface area contributed by atoms with Crippen LogP contribution in [-0.4, -0.2) is 50.1 Å². The lowest BCUT2D eigenvalue weighted by Gasteiger charge is -2.28. The Balaban J connectivity index is 0.00000242. The summed E-state index contributed by atoms with van der Waals surface area (Å²) in [6, 6.07) is 7.48. The third-order valence-electron chi connectivity index (χ3n) is 4.06. The van der Waals surface area contributed by atoms with Crippen LogP contribution in [0.5, 0.6) is 0 Å². The van der Waals surface area contributed by atoms with E-state index in [1.54, 1.807) is 0 Å². The fourth-order valence-corrected chi connectivity index (χ4v) is 2.61. The lowest BCUT2D eigenvalue weighted by atomic mass is 9.84. The van der Waals surface area contributed by atoms with Gasteiger partial charge in [-0.05, 0) is 31.5 Å². The Labute approximate surface area is 144 Å². The Bertz CT molecular complexity index is 471. The van der Waals surface area contributed by atoms with E-state index >= 15 is 0 Å². The third-order valence-corrected chi connectivity index (χ3v) is 4.31. The van der Waals surface area contributed by atoms with Crippen molar-refractivity contribution in [3.05, 3.63) is 34.9 Å². The first kappa shape index (κ1) is 19.2. The molecule has 1 aromatic rings. The van der Waals surface area contributed by atoms with E-state index in [9.17, 15) is 4.79 Å². The molecule has 6 heteroatoms. The van der Waals surface area contributed by atoms with E-state index < -0.39 is 5.41 Å². The number of hydrogen-bond donors (Lipinski definition) is 2. The molecule has 1 heterocycles. The fourth-order valence-electron chi connectivity index (χ4n) is 2.48. The average Bonchev–Trinajstić information content (AvgIpc) is 2.48. The van der Waals surface area contributed by atoms with Crippen LogP contribution in [0, 0.1) is 0 Å². The van der Waals surface area contributed by atoms with E-state index in [1.807, 2.05) is 38.1 Å². The molecule has 2 N–H and O–H groups in total. The van der Waals surface area contributed by atoms with E-state index in [0.29, 0.717) is 11.6 Å². The Morgan fingerprint density at radius 1 is 1.27 bits per heavy atom. The van der Waals surface area contributed by atoms with Gasteiger partial charge in [0.15, 0.2) is 0 Å². The summed E-state index contributed by atoms with van der Waals surface area (Å²) < 4.78 is 0. The van der Waals surface area contributed by atoms with Crippen molar-refractivity contribution in [2.45, 2.75) is 19.3 Å². The molecular formula is C16H25Cl2N3O. The molecule has 1 aromatic carbocycles. The van der Waals surface area contributed by atoms with Crippen molar-refractivity contribution in [1.82, 2.24) is 15.5 Å². The lowest BCUT2D eigenvalue weighted by molar-refractivity contribution is -0.125. The highest BCUT2D eigenvalue weighted by atomic mass is 35.5. The highest BCUT2D eigenvalue weighted by Gasteiger charge is 2.29. The predicted octanol–water partition coefficient (Wildman–Crippen LogP) is 2.06. The van der Waals surface area contributed by atoms with Crippen LogP contribution < -0.4 is 10.6 Å². The molecule has 1 aliphatic rings. The molecule has 1 saturated heterocycles. The second kappa shape index (κ2) is 8.73. The number of nitrogens with one attached hydrogen (secondary N) is 2. The Morgan fingerprint density at radius 2 is 1.86 bits per heavy atom. The molecule has 124 valence electrons. The van der Waals surface area contributed by atoms with E-state index in [0.717, 1.165) is 38.3 Å². The largest absolute Gasteiger partial charge is 0.354 e. The second-order valence-electron chi connectivity index (χ2n) is 5.98. The number of nitrogens with zero attached hydrogens (tertiary/aromatic N) is 1. The first-order valence-electron chi connectivity index (χ1n) is 7.47. The van der Waals surface area contributed by atoms with Gasteiger partial charge in [0.05, 0.1) is 5.41 Å². The SMILES string of the molecule is CC(C)(C(=O)NCCN1CCNCC1)c1ccc(Cl)cc1.Cl. The summed E-state index contributed by atoms with van der Waals surface area (Å²) >= 11 is 5.90. The molecule has 0 bridgehead atoms. The summed E-state index contributed by atoms with van der Waals surface area (Å²) in [6.07, 6.45) is 0. The zero-order valence-corrected chi connectivity index (χ0v) is 14.8. The summed E-state index contributed by atoms with van der Waals surface area (Å²) in [4.78, 5) is 14.8. The molecule has 0 unspecified atom stereocenters. The van der Waals surface area contributed by atoms with Crippen LogP contribution in [0.1, 0.15) is 19.4 Å². The van der Waals surface area contributed by atoms with Crippen molar-refractivity contribution >= 4 is 29.9 Å². The minimum Gasteiger partial charge on any atom is -0.354 e. The number of hydrogen-bond acceptors (Lipinski definition) is 3. The van der Waals surface area contributed by atoms with E-state index in [2.05, 4.69) is 15.5 Å². The van der Waals surface area contributed by atoms with E-state index in [4.69, 9.17) is 11.6 Å². The molecule has 4 nitrogen and oxygen atoms in total. The molecule has 0 saturated carbocycles. The quantitative estimate of drug-likeness (QED) is 0.858. The Kier molecular flexibility index (Phi) is 7.63. The maximum absolute atomic E-state index is 12.4. The van der Waals surface area contributed by atoms with Crippen LogP contribution in [0.4, 0.5) is 0 Å². The van der Waals surface area contributed by atoms with Crippen molar-refractivity contribution in [2.24, 2.45) is 0 Å². The summed E-state index contributed by atoms with van der Waals surface area (Å²) in [7, 11) is 0. The number of piperazine rings is 1. The van der Waals surface area contributed by atoms with Gasteiger partial charge in [0, 0.05) is 44.3 Å². The lowest BCUT2D eigenvalue weighted by Crippen LogP contribution is -2.48. The molecule has 0 aromatic heterocycles. The number of benzene rings is 1. The molecule has 1 amide bonds. The number of rotatable bonds is 5. The highest BCUT2D eigenvalue weighted by Crippen LogP contribution is 2.24. The molecule has 0 atom stereocenters. The van der Waals surface area contributed by atoms with Crippen molar-refractivity contribution < 1.29 is 4.79 Å². The Morgan fingerprint density at radius 3 is 2.45 bits per heavy atom. The van der Waals surface area contributed by atoms with Gasteiger partial charge in [-0.15, -0.1) is 12.4 Å². The minimum absolute atomic E-state index is 0. The number of carbonyl (C=O) groups is 1. The smallest absolute Gasteiger partial charge is 0.230 e. The van der Waals surface area contributed by atoms with Gasteiger partial charge in [0.1, 0.15) is 0 Å². The standard InChI is InChI=1S/C16H24ClN3O.ClH/c1-16(2,13-3-5-14(17)6-4-13)15(21)19-9-12-20-10-7-18-8-11-20;/h3-6,18H,7-12H2,1-2H3,(H,19,21);1H. The van der Waals surface area contributed by atoms with Crippen molar-refractivity contribution in [3.63, 3.8) is 0 Å². The number of halogens is 2. The van der Waals surface area contributed by atoms with Crippen LogP contribution >= 0.6 is 24.0 Å². The van der Waals surface area contributed by atoms with Gasteiger partial charge in [-0.25, -0.2) is 0 Å². The van der Waals surface area contributed by atoms with Crippen LogP contribution in [0.15, 0.2) is 24.3 Å². The molecule has 2 rings (SSSR count). The number of amides is 1. The zero-order valence-electron chi connectivity index (χ0n) is 13.2. The maximum Gasteiger partial charge on any atom is 0.230 e. The third kappa shape index (κ3) is 5.13. The maximum atomic E-state index is 12.4. The van der Waals surface area contributed by atoms with Gasteiger partial charge < -0.3 is 10.6 Å². The highest BCUT2D eigenvalue weighted by molar-refractivity contribution is 6.30. The predicted molar refractivity (Wildman–Crippen MR) is 94.0 cm³/mol. The summed E-state index contributed by atoms with van der Waals surface area (Å²) in [5.41, 5.74) is 0.431. The molecule has 1 aliphatic heterocycles. The molecule has 0 radical (unpaired) electrons.